The van der Waals surface area contributed by atoms with Gasteiger partial charge in [-0.25, -0.2) is 13.9 Å². The fourth-order valence-electron chi connectivity index (χ4n) is 4.89. The van der Waals surface area contributed by atoms with Gasteiger partial charge < -0.3 is 14.5 Å². The van der Waals surface area contributed by atoms with Crippen LogP contribution in [0.25, 0.3) is 5.65 Å². The van der Waals surface area contributed by atoms with Crippen LogP contribution in [-0.4, -0.2) is 55.5 Å². The standard InChI is InChI=1S/C25H29ClFN5O2/c1-14(2)30-9-7-18(8-10-30)34-22-11-17(27)5-6-19(22)25(33)31-12-20-21(13-31)29-32-16(4)23(26)15(3)28-24(20)32/h5-6,11,14,18H,7-10,12-13H2,1-4H3. The third-order valence-corrected chi connectivity index (χ3v) is 7.46. The highest BCUT2D eigenvalue weighted by atomic mass is 35.5. The van der Waals surface area contributed by atoms with Gasteiger partial charge in [-0.1, -0.05) is 11.6 Å². The van der Waals surface area contributed by atoms with Gasteiger partial charge in [-0.3, -0.25) is 4.79 Å². The van der Waals surface area contributed by atoms with E-state index in [0.29, 0.717) is 35.5 Å². The number of hydrogen-bond acceptors (Lipinski definition) is 5. The van der Waals surface area contributed by atoms with E-state index in [1.54, 1.807) is 9.42 Å². The Kier molecular flexibility index (Phi) is 5.98. The molecular weight excluding hydrogens is 457 g/mol. The van der Waals surface area contributed by atoms with E-state index in [1.807, 2.05) is 13.8 Å². The lowest BCUT2D eigenvalue weighted by molar-refractivity contribution is 0.0711. The van der Waals surface area contributed by atoms with Gasteiger partial charge in [0.1, 0.15) is 17.7 Å². The summed E-state index contributed by atoms with van der Waals surface area (Å²) in [5.74, 6) is -0.308. The smallest absolute Gasteiger partial charge is 0.258 e. The summed E-state index contributed by atoms with van der Waals surface area (Å²) in [6.07, 6.45) is 1.66. The number of halogens is 2. The summed E-state index contributed by atoms with van der Waals surface area (Å²) in [7, 11) is 0. The van der Waals surface area contributed by atoms with E-state index < -0.39 is 5.82 Å². The molecule has 0 aliphatic carbocycles. The Balaban J connectivity index is 1.36. The van der Waals surface area contributed by atoms with Crippen molar-refractivity contribution < 1.29 is 13.9 Å². The van der Waals surface area contributed by atoms with Gasteiger partial charge in [-0.15, -0.1) is 0 Å². The van der Waals surface area contributed by atoms with Gasteiger partial charge >= 0.3 is 0 Å². The van der Waals surface area contributed by atoms with Crippen LogP contribution >= 0.6 is 11.6 Å². The maximum Gasteiger partial charge on any atom is 0.258 e. The monoisotopic (exact) mass is 485 g/mol. The van der Waals surface area contributed by atoms with Crippen molar-refractivity contribution in [1.82, 2.24) is 24.4 Å². The number of likely N-dealkylation sites (tertiary alicyclic amines) is 1. The van der Waals surface area contributed by atoms with E-state index in [0.717, 1.165) is 54.2 Å². The van der Waals surface area contributed by atoms with Crippen LogP contribution in [0, 0.1) is 19.7 Å². The summed E-state index contributed by atoms with van der Waals surface area (Å²) >= 11 is 6.34. The number of fused-ring (bicyclic) bond motifs is 3. The zero-order valence-electron chi connectivity index (χ0n) is 19.9. The Morgan fingerprint density at radius 2 is 1.94 bits per heavy atom. The largest absolute Gasteiger partial charge is 0.489 e. The van der Waals surface area contributed by atoms with Crippen molar-refractivity contribution in [3.8, 4) is 5.75 Å². The molecule has 3 aromatic rings. The predicted molar refractivity (Wildman–Crippen MR) is 128 cm³/mol. The Bertz CT molecular complexity index is 1270. The van der Waals surface area contributed by atoms with E-state index in [2.05, 4.69) is 28.8 Å². The predicted octanol–water partition coefficient (Wildman–Crippen LogP) is 4.55. The van der Waals surface area contributed by atoms with Crippen molar-refractivity contribution in [3.05, 3.63) is 57.2 Å². The third-order valence-electron chi connectivity index (χ3n) is 6.92. The Hall–Kier alpha value is -2.71. The molecule has 1 aromatic carbocycles. The van der Waals surface area contributed by atoms with Gasteiger partial charge in [0.25, 0.3) is 5.91 Å². The first-order valence-corrected chi connectivity index (χ1v) is 12.1. The summed E-state index contributed by atoms with van der Waals surface area (Å²) < 4.78 is 22.0. The molecule has 1 fully saturated rings. The van der Waals surface area contributed by atoms with Crippen LogP contribution in [-0.2, 0) is 13.1 Å². The number of amides is 1. The Morgan fingerprint density at radius 1 is 1.21 bits per heavy atom. The molecule has 4 heterocycles. The average Bonchev–Trinajstić information content (AvgIpc) is 3.37. The first-order valence-electron chi connectivity index (χ1n) is 11.8. The molecule has 9 heteroatoms. The maximum atomic E-state index is 14.1. The van der Waals surface area contributed by atoms with E-state index in [-0.39, 0.29) is 12.0 Å². The second-order valence-corrected chi connectivity index (χ2v) is 9.88. The quantitative estimate of drug-likeness (QED) is 0.542. The first kappa shape index (κ1) is 23.1. The van der Waals surface area contributed by atoms with Crippen molar-refractivity contribution in [2.45, 2.75) is 65.8 Å². The molecule has 0 atom stereocenters. The zero-order valence-corrected chi connectivity index (χ0v) is 20.7. The molecule has 7 nitrogen and oxygen atoms in total. The molecule has 2 aliphatic heterocycles. The van der Waals surface area contributed by atoms with Crippen LogP contribution in [0.4, 0.5) is 4.39 Å². The van der Waals surface area contributed by atoms with Crippen LogP contribution in [0.15, 0.2) is 18.2 Å². The zero-order chi connectivity index (χ0) is 24.1. The lowest BCUT2D eigenvalue weighted by Gasteiger charge is -2.35. The van der Waals surface area contributed by atoms with Crippen molar-refractivity contribution in [2.24, 2.45) is 0 Å². The number of carbonyl (C=O) groups is 1. The van der Waals surface area contributed by atoms with Crippen molar-refractivity contribution >= 4 is 23.2 Å². The molecule has 1 amide bonds. The molecule has 1 saturated heterocycles. The van der Waals surface area contributed by atoms with Crippen molar-refractivity contribution in [3.63, 3.8) is 0 Å². The van der Waals surface area contributed by atoms with Gasteiger partial charge in [0.15, 0.2) is 5.65 Å². The number of carbonyl (C=O) groups excluding carboxylic acids is 1. The number of benzene rings is 1. The number of nitrogens with zero attached hydrogens (tertiary/aromatic N) is 5. The lowest BCUT2D eigenvalue weighted by Crippen LogP contribution is -2.42. The van der Waals surface area contributed by atoms with Crippen LogP contribution in [0.5, 0.6) is 5.75 Å². The number of hydrogen-bond donors (Lipinski definition) is 0. The highest BCUT2D eigenvalue weighted by Crippen LogP contribution is 2.32. The summed E-state index contributed by atoms with van der Waals surface area (Å²) in [5.41, 5.74) is 4.37. The normalized spacial score (nSPS) is 17.1. The molecule has 34 heavy (non-hydrogen) atoms. The topological polar surface area (TPSA) is 63.0 Å². The highest BCUT2D eigenvalue weighted by molar-refractivity contribution is 6.31. The molecule has 0 spiro atoms. The SMILES string of the molecule is Cc1nc2c3c(nn2c(C)c1Cl)CN(C(=O)c1ccc(F)cc1OC1CCN(C(C)C)CC1)C3. The van der Waals surface area contributed by atoms with Crippen LogP contribution in [0.1, 0.15) is 59.7 Å². The third kappa shape index (κ3) is 4.03. The molecule has 5 rings (SSSR count). The van der Waals surface area contributed by atoms with Crippen LogP contribution in [0.3, 0.4) is 0 Å². The maximum absolute atomic E-state index is 14.1. The molecule has 180 valence electrons. The molecular formula is C25H29ClFN5O2. The van der Waals surface area contributed by atoms with E-state index in [1.165, 1.54) is 18.2 Å². The first-order chi connectivity index (χ1) is 16.2. The van der Waals surface area contributed by atoms with Gasteiger partial charge in [0, 0.05) is 30.8 Å². The fourth-order valence-corrected chi connectivity index (χ4v) is 5.01. The van der Waals surface area contributed by atoms with Crippen LogP contribution < -0.4 is 4.74 Å². The molecule has 2 aromatic heterocycles. The second-order valence-electron chi connectivity index (χ2n) is 9.51. The minimum atomic E-state index is -0.416. The fraction of sp³-hybridized carbons (Fsp3) is 0.480. The minimum Gasteiger partial charge on any atom is -0.489 e. The number of rotatable bonds is 4. The van der Waals surface area contributed by atoms with E-state index >= 15 is 0 Å². The average molecular weight is 486 g/mol. The molecule has 0 unspecified atom stereocenters. The molecule has 0 radical (unpaired) electrons. The molecule has 0 N–H and O–H groups in total. The van der Waals surface area contributed by atoms with Crippen LogP contribution in [0.2, 0.25) is 5.02 Å². The number of piperidine rings is 1. The van der Waals surface area contributed by atoms with Gasteiger partial charge in [-0.05, 0) is 52.7 Å². The Labute approximate surface area is 203 Å². The molecule has 0 saturated carbocycles. The summed E-state index contributed by atoms with van der Waals surface area (Å²) in [4.78, 5) is 22.2. The van der Waals surface area contributed by atoms with Gasteiger partial charge in [0.05, 0.1) is 40.8 Å². The summed E-state index contributed by atoms with van der Waals surface area (Å²) in [5, 5.41) is 5.24. The van der Waals surface area contributed by atoms with Crippen molar-refractivity contribution in [1.29, 1.82) is 0 Å². The molecule has 0 bridgehead atoms. The van der Waals surface area contributed by atoms with Gasteiger partial charge in [-0.2, -0.15) is 5.10 Å². The number of aromatic nitrogens is 3. The van der Waals surface area contributed by atoms with Gasteiger partial charge in [0.2, 0.25) is 0 Å². The number of ether oxygens (including phenoxy) is 1. The van der Waals surface area contributed by atoms with E-state index in [9.17, 15) is 9.18 Å². The number of aryl methyl sites for hydroxylation is 2. The van der Waals surface area contributed by atoms with E-state index in [4.69, 9.17) is 16.3 Å². The minimum absolute atomic E-state index is 0.0387. The Morgan fingerprint density at radius 3 is 2.65 bits per heavy atom. The van der Waals surface area contributed by atoms with Crippen molar-refractivity contribution in [2.75, 3.05) is 13.1 Å². The summed E-state index contributed by atoms with van der Waals surface area (Å²) in [6, 6.07) is 4.64. The lowest BCUT2D eigenvalue weighted by atomic mass is 10.1. The second kappa shape index (κ2) is 8.82. The highest BCUT2D eigenvalue weighted by Gasteiger charge is 2.32. The summed E-state index contributed by atoms with van der Waals surface area (Å²) in [6.45, 7) is 10.7. The molecule has 2 aliphatic rings.